The molecule has 0 aromatic heterocycles. The van der Waals surface area contributed by atoms with E-state index in [0.29, 0.717) is 16.8 Å². The number of ether oxygens (including phenoxy) is 1. The van der Waals surface area contributed by atoms with Gasteiger partial charge in [-0.2, -0.15) is 5.26 Å². The fraction of sp³-hybridized carbons (Fsp3) is 0.105. The van der Waals surface area contributed by atoms with Crippen LogP contribution in [0.2, 0.25) is 0 Å². The molecular formula is C19H16N2O3. The molecule has 0 spiro atoms. The highest BCUT2D eigenvalue weighted by Crippen LogP contribution is 2.08. The number of benzene rings is 2. The first-order chi connectivity index (χ1) is 11.6. The Labute approximate surface area is 140 Å². The summed E-state index contributed by atoms with van der Waals surface area (Å²) in [5.74, 6) is -1.04. The van der Waals surface area contributed by atoms with E-state index < -0.39 is 18.0 Å². The Bertz CT molecular complexity index is 792. The zero-order valence-corrected chi connectivity index (χ0v) is 13.1. The van der Waals surface area contributed by atoms with Crippen molar-refractivity contribution < 1.29 is 14.3 Å². The maximum atomic E-state index is 12.0. The minimum Gasteiger partial charge on any atom is -0.449 e. The first-order valence-electron chi connectivity index (χ1n) is 7.33. The van der Waals surface area contributed by atoms with Crippen LogP contribution in [0.4, 0.5) is 5.69 Å². The maximum absolute atomic E-state index is 12.0. The monoisotopic (exact) mass is 320 g/mol. The molecule has 0 bridgehead atoms. The lowest BCUT2D eigenvalue weighted by molar-refractivity contribution is -0.148. The fourth-order valence-corrected chi connectivity index (χ4v) is 1.91. The van der Waals surface area contributed by atoms with E-state index in [1.54, 1.807) is 48.5 Å². The first-order valence-corrected chi connectivity index (χ1v) is 7.33. The molecule has 0 radical (unpaired) electrons. The Balaban J connectivity index is 1.90. The number of carbonyl (C=O) groups excluding carboxylic acids is 2. The van der Waals surface area contributed by atoms with Crippen molar-refractivity contribution in [2.45, 2.75) is 13.0 Å². The summed E-state index contributed by atoms with van der Waals surface area (Å²) in [7, 11) is 0. The number of carbonyl (C=O) groups is 2. The largest absolute Gasteiger partial charge is 0.449 e. The number of nitrogens with zero attached hydrogens (tertiary/aromatic N) is 1. The van der Waals surface area contributed by atoms with Crippen molar-refractivity contribution in [1.29, 1.82) is 5.26 Å². The van der Waals surface area contributed by atoms with Gasteiger partial charge >= 0.3 is 5.97 Å². The van der Waals surface area contributed by atoms with Crippen molar-refractivity contribution in [3.05, 3.63) is 71.8 Å². The van der Waals surface area contributed by atoms with Gasteiger partial charge in [-0.05, 0) is 42.8 Å². The number of anilines is 1. The van der Waals surface area contributed by atoms with Crippen LogP contribution in [0.1, 0.15) is 18.1 Å². The van der Waals surface area contributed by atoms with Crippen molar-refractivity contribution in [2.75, 3.05) is 5.32 Å². The number of esters is 1. The second-order valence-corrected chi connectivity index (χ2v) is 5.00. The maximum Gasteiger partial charge on any atom is 0.331 e. The van der Waals surface area contributed by atoms with Crippen LogP contribution in [-0.2, 0) is 14.3 Å². The minimum atomic E-state index is -0.923. The van der Waals surface area contributed by atoms with E-state index in [-0.39, 0.29) is 0 Å². The molecule has 5 nitrogen and oxygen atoms in total. The topological polar surface area (TPSA) is 79.2 Å². The Morgan fingerprint density at radius 1 is 1.17 bits per heavy atom. The molecule has 1 N–H and O–H groups in total. The molecule has 2 rings (SSSR count). The van der Waals surface area contributed by atoms with Crippen molar-refractivity contribution in [3.63, 3.8) is 0 Å². The summed E-state index contributed by atoms with van der Waals surface area (Å²) in [6, 6.07) is 17.7. The molecule has 0 fully saturated rings. The van der Waals surface area contributed by atoms with Gasteiger partial charge in [0.25, 0.3) is 5.91 Å². The summed E-state index contributed by atoms with van der Waals surface area (Å²) in [5, 5.41) is 11.5. The first kappa shape index (κ1) is 17.0. The Morgan fingerprint density at radius 3 is 2.62 bits per heavy atom. The van der Waals surface area contributed by atoms with Gasteiger partial charge in [0.05, 0.1) is 11.6 Å². The SMILES string of the molecule is CC(OC(=O)/C=C/c1cccc(C#N)c1)C(=O)Nc1ccccc1. The van der Waals surface area contributed by atoms with E-state index >= 15 is 0 Å². The van der Waals surface area contributed by atoms with Crippen LogP contribution in [0.25, 0.3) is 6.08 Å². The quantitative estimate of drug-likeness (QED) is 0.678. The lowest BCUT2D eigenvalue weighted by atomic mass is 10.1. The summed E-state index contributed by atoms with van der Waals surface area (Å²) >= 11 is 0. The number of hydrogen-bond donors (Lipinski definition) is 1. The number of rotatable bonds is 5. The lowest BCUT2D eigenvalue weighted by Crippen LogP contribution is -2.29. The molecule has 1 amide bonds. The predicted octanol–water partition coefficient (Wildman–Crippen LogP) is 3.14. The van der Waals surface area contributed by atoms with Crippen molar-refractivity contribution in [2.24, 2.45) is 0 Å². The zero-order valence-electron chi connectivity index (χ0n) is 13.1. The highest BCUT2D eigenvalue weighted by Gasteiger charge is 2.16. The summed E-state index contributed by atoms with van der Waals surface area (Å²) in [6.07, 6.45) is 1.83. The van der Waals surface area contributed by atoms with Gasteiger partial charge < -0.3 is 10.1 Å². The van der Waals surface area contributed by atoms with Gasteiger partial charge in [-0.1, -0.05) is 30.3 Å². The zero-order chi connectivity index (χ0) is 17.4. The van der Waals surface area contributed by atoms with Crippen LogP contribution in [-0.4, -0.2) is 18.0 Å². The van der Waals surface area contributed by atoms with Gasteiger partial charge in [0, 0.05) is 11.8 Å². The van der Waals surface area contributed by atoms with E-state index in [9.17, 15) is 9.59 Å². The van der Waals surface area contributed by atoms with Crippen LogP contribution in [0, 0.1) is 11.3 Å². The van der Waals surface area contributed by atoms with Crippen LogP contribution >= 0.6 is 0 Å². The molecule has 0 aliphatic rings. The van der Waals surface area contributed by atoms with E-state index in [4.69, 9.17) is 10.00 Å². The Kier molecular flexibility index (Phi) is 5.87. The van der Waals surface area contributed by atoms with E-state index in [1.807, 2.05) is 12.1 Å². The summed E-state index contributed by atoms with van der Waals surface area (Å²) in [6.45, 7) is 1.50. The lowest BCUT2D eigenvalue weighted by Gasteiger charge is -2.12. The average molecular weight is 320 g/mol. The molecule has 120 valence electrons. The molecule has 0 aliphatic heterocycles. The smallest absolute Gasteiger partial charge is 0.331 e. The van der Waals surface area contributed by atoms with Gasteiger partial charge in [-0.3, -0.25) is 4.79 Å². The second-order valence-electron chi connectivity index (χ2n) is 5.00. The third-order valence-electron chi connectivity index (χ3n) is 3.13. The molecular weight excluding hydrogens is 304 g/mol. The molecule has 2 aromatic carbocycles. The molecule has 24 heavy (non-hydrogen) atoms. The Morgan fingerprint density at radius 2 is 1.92 bits per heavy atom. The summed E-state index contributed by atoms with van der Waals surface area (Å²) < 4.78 is 5.06. The predicted molar refractivity (Wildman–Crippen MR) is 90.8 cm³/mol. The molecule has 0 aliphatic carbocycles. The molecule has 1 atom stereocenters. The van der Waals surface area contributed by atoms with Crippen molar-refractivity contribution >= 4 is 23.6 Å². The van der Waals surface area contributed by atoms with Crippen LogP contribution in [0.5, 0.6) is 0 Å². The molecule has 2 aromatic rings. The highest BCUT2D eigenvalue weighted by atomic mass is 16.5. The van der Waals surface area contributed by atoms with E-state index in [1.165, 1.54) is 19.1 Å². The molecule has 0 heterocycles. The van der Waals surface area contributed by atoms with Crippen molar-refractivity contribution in [3.8, 4) is 6.07 Å². The summed E-state index contributed by atoms with van der Waals surface area (Å²) in [5.41, 5.74) is 1.84. The number of para-hydroxylation sites is 1. The number of hydrogen-bond acceptors (Lipinski definition) is 4. The van der Waals surface area contributed by atoms with Gasteiger partial charge in [0.15, 0.2) is 6.10 Å². The third kappa shape index (κ3) is 5.11. The van der Waals surface area contributed by atoms with Gasteiger partial charge in [0.2, 0.25) is 0 Å². The van der Waals surface area contributed by atoms with E-state index in [2.05, 4.69) is 5.32 Å². The average Bonchev–Trinajstić information content (AvgIpc) is 2.61. The molecule has 0 saturated heterocycles. The number of nitriles is 1. The van der Waals surface area contributed by atoms with Gasteiger partial charge in [-0.15, -0.1) is 0 Å². The normalized spacial score (nSPS) is 11.5. The fourth-order valence-electron chi connectivity index (χ4n) is 1.91. The molecule has 0 saturated carbocycles. The second kappa shape index (κ2) is 8.30. The molecule has 5 heteroatoms. The minimum absolute atomic E-state index is 0.408. The van der Waals surface area contributed by atoms with Gasteiger partial charge in [-0.25, -0.2) is 4.79 Å². The van der Waals surface area contributed by atoms with E-state index in [0.717, 1.165) is 0 Å². The third-order valence-corrected chi connectivity index (χ3v) is 3.13. The van der Waals surface area contributed by atoms with Gasteiger partial charge in [0.1, 0.15) is 0 Å². The van der Waals surface area contributed by atoms with Crippen LogP contribution in [0.15, 0.2) is 60.7 Å². The summed E-state index contributed by atoms with van der Waals surface area (Å²) in [4.78, 5) is 23.7. The number of nitrogens with one attached hydrogen (secondary N) is 1. The van der Waals surface area contributed by atoms with Crippen LogP contribution in [0.3, 0.4) is 0 Å². The molecule has 1 unspecified atom stereocenters. The standard InChI is InChI=1S/C19H16N2O3/c1-14(19(23)21-17-8-3-2-4-9-17)24-18(22)11-10-15-6-5-7-16(12-15)13-20/h2-12,14H,1H3,(H,21,23)/b11-10+. The van der Waals surface area contributed by atoms with Crippen LogP contribution < -0.4 is 5.32 Å². The highest BCUT2D eigenvalue weighted by molar-refractivity contribution is 5.96. The van der Waals surface area contributed by atoms with Crippen molar-refractivity contribution in [1.82, 2.24) is 0 Å². The Hall–Kier alpha value is -3.39. The number of amides is 1.